The second-order valence-corrected chi connectivity index (χ2v) is 11.5. The molecule has 0 aromatic carbocycles. The van der Waals surface area contributed by atoms with Crippen molar-refractivity contribution < 1.29 is 0 Å². The number of hydrogen-bond donors (Lipinski definition) is 0. The molecule has 3 rings (SSSR count). The maximum absolute atomic E-state index is 3.83. The van der Waals surface area contributed by atoms with Gasteiger partial charge in [-0.3, -0.25) is 4.68 Å². The van der Waals surface area contributed by atoms with Gasteiger partial charge in [0.1, 0.15) is 0 Å². The minimum Gasteiger partial charge on any atom is -0.357 e. The van der Waals surface area contributed by atoms with Crippen LogP contribution in [0.4, 0.5) is 0 Å². The zero-order valence-electron chi connectivity index (χ0n) is 23.6. The summed E-state index contributed by atoms with van der Waals surface area (Å²) in [7, 11) is 5.83. The molecule has 0 fully saturated rings. The van der Waals surface area contributed by atoms with E-state index in [1.807, 2.05) is 73.3 Å². The van der Waals surface area contributed by atoms with Crippen molar-refractivity contribution in [3.8, 4) is 0 Å². The molecule has 0 aliphatic carbocycles. The van der Waals surface area contributed by atoms with Crippen LogP contribution in [-0.2, 0) is 21.1 Å². The first-order valence-electron chi connectivity index (χ1n) is 11.3. The highest BCUT2D eigenvalue weighted by atomic mass is 15.2. The largest absolute Gasteiger partial charge is 0.357 e. The molecule has 0 unspecified atom stereocenters. The van der Waals surface area contributed by atoms with Crippen LogP contribution in [0.2, 0.25) is 0 Å². The number of rotatable bonds is 0. The molecule has 0 aliphatic rings. The summed E-state index contributed by atoms with van der Waals surface area (Å²) in [4.78, 5) is 3.78. The lowest BCUT2D eigenvalue weighted by atomic mass is 10.0. The highest BCUT2D eigenvalue weighted by molar-refractivity contribution is 4.88. The second-order valence-electron chi connectivity index (χ2n) is 11.5. The van der Waals surface area contributed by atoms with Crippen molar-refractivity contribution in [1.29, 1.82) is 0 Å². The molecule has 0 spiro atoms. The van der Waals surface area contributed by atoms with Crippen molar-refractivity contribution in [2.45, 2.75) is 76.2 Å². The third-order valence-electron chi connectivity index (χ3n) is 2.03. The van der Waals surface area contributed by atoms with Crippen molar-refractivity contribution in [3.63, 3.8) is 0 Å². The van der Waals surface area contributed by atoms with E-state index in [1.54, 1.807) is 23.4 Å². The number of imidazole rings is 1. The standard InChI is InChI=1S/C5H7N.2C5H12.2C4H6N2.C4H10/c1-6-4-2-3-5-6;2*1-5(2,3)4;1-6-3-2-5-4-6;1-6-4-2-3-5-6;1-4(2)3/h2-5H,1H3;2*1-4H3;2*2-4H,1H3;4H,1-3H3. The molecule has 3 aromatic rings. The van der Waals surface area contributed by atoms with Crippen LogP contribution in [0, 0.1) is 16.7 Å². The van der Waals surface area contributed by atoms with Crippen LogP contribution in [0.3, 0.4) is 0 Å². The smallest absolute Gasteiger partial charge is 0.0943 e. The molecule has 0 saturated carbocycles. The van der Waals surface area contributed by atoms with Gasteiger partial charge in [-0.15, -0.1) is 0 Å². The van der Waals surface area contributed by atoms with Gasteiger partial charge >= 0.3 is 0 Å². The Morgan fingerprint density at radius 3 is 1.09 bits per heavy atom. The Kier molecular flexibility index (Phi) is 20.8. The maximum atomic E-state index is 3.83. The predicted octanol–water partition coefficient (Wildman–Crippen LogP) is 7.63. The van der Waals surface area contributed by atoms with Crippen LogP contribution in [0.15, 0.2) is 61.7 Å². The molecule has 0 amide bonds. The molecule has 0 atom stereocenters. The summed E-state index contributed by atoms with van der Waals surface area (Å²) < 4.78 is 5.64. The van der Waals surface area contributed by atoms with Gasteiger partial charge in [-0.1, -0.05) is 76.2 Å². The Balaban J connectivity index is -0.000000318. The van der Waals surface area contributed by atoms with E-state index < -0.39 is 0 Å². The van der Waals surface area contributed by atoms with E-state index in [1.165, 1.54) is 0 Å². The van der Waals surface area contributed by atoms with Crippen molar-refractivity contribution in [2.75, 3.05) is 0 Å². The molecular weight excluding hydrogens is 394 g/mol. The Morgan fingerprint density at radius 1 is 0.594 bits per heavy atom. The van der Waals surface area contributed by atoms with Gasteiger partial charge in [0, 0.05) is 58.3 Å². The summed E-state index contributed by atoms with van der Waals surface area (Å²) in [6, 6.07) is 5.89. The third-order valence-corrected chi connectivity index (χ3v) is 2.03. The van der Waals surface area contributed by atoms with Crippen LogP contribution < -0.4 is 0 Å². The van der Waals surface area contributed by atoms with E-state index in [0.717, 1.165) is 5.92 Å². The quantitative estimate of drug-likeness (QED) is 0.355. The minimum absolute atomic E-state index is 0.500. The number of aromatic nitrogens is 5. The first-order valence-corrected chi connectivity index (χ1v) is 11.3. The van der Waals surface area contributed by atoms with Gasteiger partial charge in [0.15, 0.2) is 0 Å². The topological polar surface area (TPSA) is 40.6 Å². The highest BCUT2D eigenvalue weighted by Gasteiger charge is 1.96. The SMILES string of the molecule is CC(C)(C)C.CC(C)(C)C.CC(C)C.Cn1cccc1.Cn1cccn1.Cn1ccnc1. The van der Waals surface area contributed by atoms with Crippen LogP contribution in [0.25, 0.3) is 0 Å². The van der Waals surface area contributed by atoms with Gasteiger partial charge in [-0.2, -0.15) is 5.10 Å². The van der Waals surface area contributed by atoms with Crippen molar-refractivity contribution in [2.24, 2.45) is 37.9 Å². The lowest BCUT2D eigenvalue weighted by Gasteiger charge is -2.05. The summed E-state index contributed by atoms with van der Waals surface area (Å²) in [6.45, 7) is 24.0. The fourth-order valence-corrected chi connectivity index (χ4v) is 1.09. The zero-order valence-corrected chi connectivity index (χ0v) is 23.6. The van der Waals surface area contributed by atoms with Gasteiger partial charge in [0.25, 0.3) is 0 Å². The van der Waals surface area contributed by atoms with Crippen molar-refractivity contribution >= 4 is 0 Å². The maximum Gasteiger partial charge on any atom is 0.0943 e. The lowest BCUT2D eigenvalue weighted by molar-refractivity contribution is 0.469. The number of hydrogen-bond acceptors (Lipinski definition) is 2. The van der Waals surface area contributed by atoms with E-state index in [4.69, 9.17) is 0 Å². The second kappa shape index (κ2) is 19.4. The molecule has 186 valence electrons. The van der Waals surface area contributed by atoms with Gasteiger partial charge in [0.05, 0.1) is 6.33 Å². The molecule has 0 aliphatic heterocycles. The zero-order chi connectivity index (χ0) is 25.8. The molecule has 5 heteroatoms. The Bertz CT molecular complexity index is 577. The van der Waals surface area contributed by atoms with E-state index >= 15 is 0 Å². The van der Waals surface area contributed by atoms with Gasteiger partial charge in [-0.25, -0.2) is 4.98 Å². The van der Waals surface area contributed by atoms with Crippen LogP contribution in [0.1, 0.15) is 76.2 Å². The first kappa shape index (κ1) is 34.3. The highest BCUT2D eigenvalue weighted by Crippen LogP contribution is 2.08. The van der Waals surface area contributed by atoms with Crippen LogP contribution >= 0.6 is 0 Å². The van der Waals surface area contributed by atoms with Gasteiger partial charge < -0.3 is 9.13 Å². The summed E-state index contributed by atoms with van der Waals surface area (Å²) >= 11 is 0. The summed E-state index contributed by atoms with van der Waals surface area (Å²) in [5.74, 6) is 0.833. The van der Waals surface area contributed by atoms with Crippen LogP contribution in [0.5, 0.6) is 0 Å². The molecule has 0 radical (unpaired) electrons. The summed E-state index contributed by atoms with van der Waals surface area (Å²) in [6.07, 6.45) is 13.0. The molecule has 5 nitrogen and oxygen atoms in total. The molecule has 3 aromatic heterocycles. The Labute approximate surface area is 199 Å². The third kappa shape index (κ3) is 56.5. The average molecular weight is 448 g/mol. The summed E-state index contributed by atoms with van der Waals surface area (Å²) in [5, 5.41) is 3.83. The van der Waals surface area contributed by atoms with E-state index in [2.05, 4.69) is 86.2 Å². The number of nitrogens with zero attached hydrogens (tertiary/aromatic N) is 5. The Hall–Kier alpha value is -2.30. The average Bonchev–Trinajstić information content (AvgIpc) is 3.30. The van der Waals surface area contributed by atoms with E-state index in [0.29, 0.717) is 10.8 Å². The number of aryl methyl sites for hydroxylation is 3. The minimum atomic E-state index is 0.500. The van der Waals surface area contributed by atoms with Gasteiger partial charge in [0.2, 0.25) is 0 Å². The van der Waals surface area contributed by atoms with Gasteiger partial charge in [-0.05, 0) is 34.9 Å². The van der Waals surface area contributed by atoms with Crippen molar-refractivity contribution in [3.05, 3.63) is 61.7 Å². The van der Waals surface area contributed by atoms with Crippen LogP contribution in [-0.4, -0.2) is 23.9 Å². The molecular formula is C27H53N5. The van der Waals surface area contributed by atoms with E-state index in [-0.39, 0.29) is 0 Å². The lowest BCUT2D eigenvalue weighted by Crippen LogP contribution is -1.93. The normalized spacial score (nSPS) is 9.84. The molecule has 32 heavy (non-hydrogen) atoms. The molecule has 3 heterocycles. The summed E-state index contributed by atoms with van der Waals surface area (Å²) in [5.41, 5.74) is 1.00. The fraction of sp³-hybridized carbons (Fsp3) is 0.630. The monoisotopic (exact) mass is 447 g/mol. The van der Waals surface area contributed by atoms with Crippen molar-refractivity contribution in [1.82, 2.24) is 23.9 Å². The molecule has 0 saturated heterocycles. The molecule has 0 bridgehead atoms. The molecule has 0 N–H and O–H groups in total. The predicted molar refractivity (Wildman–Crippen MR) is 143 cm³/mol. The Morgan fingerprint density at radius 2 is 1.00 bits per heavy atom. The first-order chi connectivity index (χ1) is 14.4. The fourth-order valence-electron chi connectivity index (χ4n) is 1.09. The van der Waals surface area contributed by atoms with E-state index in [9.17, 15) is 0 Å².